The van der Waals surface area contributed by atoms with Gasteiger partial charge in [-0.15, -0.1) is 0 Å². The fraction of sp³-hybridized carbons (Fsp3) is 0.500. The first kappa shape index (κ1) is 16.9. The predicted octanol–water partition coefficient (Wildman–Crippen LogP) is 0.314. The fourth-order valence-corrected chi connectivity index (χ4v) is 3.50. The predicted molar refractivity (Wildman–Crippen MR) is 80.3 cm³/mol. The summed E-state index contributed by atoms with van der Waals surface area (Å²) in [6.07, 6.45) is 0.0536. The van der Waals surface area contributed by atoms with Gasteiger partial charge < -0.3 is 10.2 Å². The highest BCUT2D eigenvalue weighted by molar-refractivity contribution is 7.89. The summed E-state index contributed by atoms with van der Waals surface area (Å²) < 4.78 is 39.8. The Morgan fingerprint density at radius 1 is 1.45 bits per heavy atom. The van der Waals surface area contributed by atoms with Crippen LogP contribution in [-0.2, 0) is 14.8 Å². The van der Waals surface area contributed by atoms with E-state index in [1.54, 1.807) is 4.90 Å². The molecule has 0 bridgehead atoms. The Morgan fingerprint density at radius 2 is 2.18 bits per heavy atom. The molecular formula is C14H20FN3O3S. The lowest BCUT2D eigenvalue weighted by Crippen LogP contribution is -2.52. The molecule has 1 heterocycles. The van der Waals surface area contributed by atoms with Gasteiger partial charge in [0.25, 0.3) is 0 Å². The van der Waals surface area contributed by atoms with E-state index < -0.39 is 20.7 Å². The van der Waals surface area contributed by atoms with Crippen molar-refractivity contribution in [2.45, 2.75) is 24.3 Å². The number of hydrogen-bond acceptors (Lipinski definition) is 4. The van der Waals surface area contributed by atoms with Gasteiger partial charge in [-0.3, -0.25) is 4.79 Å². The van der Waals surface area contributed by atoms with E-state index in [4.69, 9.17) is 0 Å². The Kier molecular flexibility index (Phi) is 5.49. The molecule has 0 saturated carbocycles. The summed E-state index contributed by atoms with van der Waals surface area (Å²) in [6.45, 7) is 3.96. The van der Waals surface area contributed by atoms with Crippen molar-refractivity contribution in [2.75, 3.05) is 26.2 Å². The van der Waals surface area contributed by atoms with Gasteiger partial charge in [0, 0.05) is 38.6 Å². The Bertz CT molecular complexity index is 636. The Labute approximate surface area is 129 Å². The van der Waals surface area contributed by atoms with E-state index in [2.05, 4.69) is 10.0 Å². The lowest BCUT2D eigenvalue weighted by molar-refractivity contribution is -0.133. The van der Waals surface area contributed by atoms with E-state index in [0.717, 1.165) is 19.2 Å². The van der Waals surface area contributed by atoms with Gasteiger partial charge in [-0.05, 0) is 19.1 Å². The van der Waals surface area contributed by atoms with Crippen LogP contribution in [0.15, 0.2) is 29.2 Å². The number of carbonyl (C=O) groups excluding carboxylic acids is 1. The molecule has 1 saturated heterocycles. The van der Waals surface area contributed by atoms with Gasteiger partial charge in [-0.1, -0.05) is 12.1 Å². The van der Waals surface area contributed by atoms with Crippen molar-refractivity contribution in [3.05, 3.63) is 30.1 Å². The third-order valence-electron chi connectivity index (χ3n) is 3.58. The summed E-state index contributed by atoms with van der Waals surface area (Å²) in [5.41, 5.74) is 0. The molecule has 1 atom stereocenters. The van der Waals surface area contributed by atoms with E-state index >= 15 is 0 Å². The molecular weight excluding hydrogens is 309 g/mol. The maximum Gasteiger partial charge on any atom is 0.243 e. The highest BCUT2D eigenvalue weighted by Crippen LogP contribution is 2.13. The Balaban J connectivity index is 1.90. The van der Waals surface area contributed by atoms with Crippen molar-refractivity contribution in [2.24, 2.45) is 0 Å². The van der Waals surface area contributed by atoms with Crippen molar-refractivity contribution in [1.29, 1.82) is 0 Å². The molecule has 2 N–H and O–H groups in total. The summed E-state index contributed by atoms with van der Waals surface area (Å²) in [6, 6.07) is 5.24. The van der Waals surface area contributed by atoms with E-state index in [-0.39, 0.29) is 24.9 Å². The molecule has 1 aromatic rings. The molecule has 22 heavy (non-hydrogen) atoms. The van der Waals surface area contributed by atoms with Crippen LogP contribution in [0.3, 0.4) is 0 Å². The van der Waals surface area contributed by atoms with Gasteiger partial charge in [-0.25, -0.2) is 17.5 Å². The molecule has 8 heteroatoms. The van der Waals surface area contributed by atoms with Crippen molar-refractivity contribution in [1.82, 2.24) is 14.9 Å². The second-order valence-corrected chi connectivity index (χ2v) is 6.95. The van der Waals surface area contributed by atoms with Crippen LogP contribution < -0.4 is 10.0 Å². The van der Waals surface area contributed by atoms with Gasteiger partial charge >= 0.3 is 0 Å². The zero-order valence-electron chi connectivity index (χ0n) is 12.4. The summed E-state index contributed by atoms with van der Waals surface area (Å²) in [4.78, 5) is 13.4. The molecule has 1 fully saturated rings. The molecule has 0 aromatic heterocycles. The molecule has 6 nitrogen and oxygen atoms in total. The SMILES string of the molecule is CC1CNCCN1C(=O)CCNS(=O)(=O)c1ccccc1F. The summed E-state index contributed by atoms with van der Waals surface area (Å²) >= 11 is 0. The molecule has 122 valence electrons. The number of benzene rings is 1. The van der Waals surface area contributed by atoms with Gasteiger partial charge in [0.1, 0.15) is 10.7 Å². The first-order chi connectivity index (χ1) is 10.4. The monoisotopic (exact) mass is 329 g/mol. The van der Waals surface area contributed by atoms with Crippen LogP contribution in [0.25, 0.3) is 0 Å². The van der Waals surface area contributed by atoms with E-state index in [9.17, 15) is 17.6 Å². The van der Waals surface area contributed by atoms with Crippen LogP contribution in [0, 0.1) is 5.82 Å². The molecule has 1 aliphatic heterocycles. The van der Waals surface area contributed by atoms with Crippen molar-refractivity contribution < 1.29 is 17.6 Å². The van der Waals surface area contributed by atoms with E-state index in [1.807, 2.05) is 6.92 Å². The van der Waals surface area contributed by atoms with Crippen LogP contribution >= 0.6 is 0 Å². The summed E-state index contributed by atoms with van der Waals surface area (Å²) in [7, 11) is -3.94. The molecule has 0 spiro atoms. The van der Waals surface area contributed by atoms with Gasteiger partial charge in [0.2, 0.25) is 15.9 Å². The number of nitrogens with zero attached hydrogens (tertiary/aromatic N) is 1. The number of piperazine rings is 1. The van der Waals surface area contributed by atoms with Gasteiger partial charge in [0.05, 0.1) is 0 Å². The molecule has 0 radical (unpaired) electrons. The van der Waals surface area contributed by atoms with Crippen LogP contribution in [0.4, 0.5) is 4.39 Å². The molecule has 1 aromatic carbocycles. The van der Waals surface area contributed by atoms with Gasteiger partial charge in [0.15, 0.2) is 0 Å². The average Bonchev–Trinajstić information content (AvgIpc) is 2.47. The van der Waals surface area contributed by atoms with Crippen molar-refractivity contribution in [3.63, 3.8) is 0 Å². The minimum Gasteiger partial charge on any atom is -0.337 e. The lowest BCUT2D eigenvalue weighted by atomic mass is 10.2. The maximum absolute atomic E-state index is 13.5. The first-order valence-corrected chi connectivity index (χ1v) is 8.64. The number of rotatable bonds is 5. The number of carbonyl (C=O) groups is 1. The zero-order valence-corrected chi connectivity index (χ0v) is 13.2. The molecule has 2 rings (SSSR count). The molecule has 1 unspecified atom stereocenters. The number of amides is 1. The zero-order chi connectivity index (χ0) is 16.2. The third-order valence-corrected chi connectivity index (χ3v) is 5.07. The Morgan fingerprint density at radius 3 is 2.86 bits per heavy atom. The highest BCUT2D eigenvalue weighted by atomic mass is 32.2. The van der Waals surface area contributed by atoms with E-state index in [1.165, 1.54) is 18.2 Å². The Hall–Kier alpha value is -1.51. The smallest absolute Gasteiger partial charge is 0.243 e. The number of hydrogen-bond donors (Lipinski definition) is 2. The average molecular weight is 329 g/mol. The standard InChI is InChI=1S/C14H20FN3O3S/c1-11-10-16-8-9-18(11)14(19)6-7-17-22(20,21)13-5-3-2-4-12(13)15/h2-5,11,16-17H,6-10H2,1H3. The lowest BCUT2D eigenvalue weighted by Gasteiger charge is -2.34. The maximum atomic E-state index is 13.5. The quantitative estimate of drug-likeness (QED) is 0.815. The minimum absolute atomic E-state index is 0.0495. The van der Waals surface area contributed by atoms with Crippen molar-refractivity contribution in [3.8, 4) is 0 Å². The summed E-state index contributed by atoms with van der Waals surface area (Å²) in [5.74, 6) is -0.915. The molecule has 1 aliphatic rings. The topological polar surface area (TPSA) is 78.5 Å². The third kappa shape index (κ3) is 4.02. The molecule has 1 amide bonds. The first-order valence-electron chi connectivity index (χ1n) is 7.16. The van der Waals surface area contributed by atoms with Crippen LogP contribution in [0.1, 0.15) is 13.3 Å². The second-order valence-electron chi connectivity index (χ2n) is 5.22. The number of sulfonamides is 1. The van der Waals surface area contributed by atoms with Crippen LogP contribution in [0.5, 0.6) is 0 Å². The number of nitrogens with one attached hydrogen (secondary N) is 2. The summed E-state index contributed by atoms with van der Waals surface area (Å²) in [5, 5.41) is 3.18. The normalized spacial score (nSPS) is 19.2. The van der Waals surface area contributed by atoms with E-state index in [0.29, 0.717) is 6.54 Å². The largest absolute Gasteiger partial charge is 0.337 e. The highest BCUT2D eigenvalue weighted by Gasteiger charge is 2.23. The van der Waals surface area contributed by atoms with Crippen LogP contribution in [-0.4, -0.2) is 51.4 Å². The van der Waals surface area contributed by atoms with Crippen LogP contribution in [0.2, 0.25) is 0 Å². The van der Waals surface area contributed by atoms with Crippen molar-refractivity contribution >= 4 is 15.9 Å². The molecule has 0 aliphatic carbocycles. The fourth-order valence-electron chi connectivity index (χ4n) is 2.39. The second kappa shape index (κ2) is 7.17. The number of halogens is 1. The van der Waals surface area contributed by atoms with Gasteiger partial charge in [-0.2, -0.15) is 0 Å². The minimum atomic E-state index is -3.94.